The molecule has 0 spiro atoms. The van der Waals surface area contributed by atoms with Crippen molar-refractivity contribution in [1.29, 1.82) is 0 Å². The van der Waals surface area contributed by atoms with Crippen LogP contribution in [-0.2, 0) is 11.2 Å². The normalized spacial score (nSPS) is 11.0. The van der Waals surface area contributed by atoms with E-state index in [-0.39, 0.29) is 12.5 Å². The lowest BCUT2D eigenvalue weighted by Gasteiger charge is -2.08. The van der Waals surface area contributed by atoms with Crippen LogP contribution < -0.4 is 15.7 Å². The summed E-state index contributed by atoms with van der Waals surface area (Å²) in [6.07, 6.45) is 1.72. The highest BCUT2D eigenvalue weighted by Crippen LogP contribution is 2.23. The minimum absolute atomic E-state index is 0.193. The lowest BCUT2D eigenvalue weighted by Crippen LogP contribution is -2.20. The molecule has 7 nitrogen and oxygen atoms in total. The summed E-state index contributed by atoms with van der Waals surface area (Å²) in [6, 6.07) is 14.3. The standard InChI is InChI=1S/C21H19N3O4/c1-2-5-13-10-20(26)28-18-11-14(8-9-15(13)18)27-12-19(25)24-21-22-16-6-3-4-7-17(16)23-21/h3-4,6-11H,2,5,12H2,1H3,(H2,22,23,24,25). The van der Waals surface area contributed by atoms with E-state index < -0.39 is 5.63 Å². The van der Waals surface area contributed by atoms with Crippen molar-refractivity contribution >= 4 is 33.9 Å². The van der Waals surface area contributed by atoms with Gasteiger partial charge in [0.2, 0.25) is 5.95 Å². The second-order valence-corrected chi connectivity index (χ2v) is 6.44. The zero-order valence-electron chi connectivity index (χ0n) is 15.3. The Balaban J connectivity index is 1.45. The second kappa shape index (κ2) is 7.56. The minimum Gasteiger partial charge on any atom is -0.484 e. The molecule has 7 heteroatoms. The average Bonchev–Trinajstić information content (AvgIpc) is 3.08. The van der Waals surface area contributed by atoms with E-state index in [0.717, 1.165) is 34.8 Å². The number of aromatic amines is 1. The number of carbonyl (C=O) groups is 1. The van der Waals surface area contributed by atoms with Crippen LogP contribution in [0.5, 0.6) is 5.75 Å². The molecule has 4 rings (SSSR count). The third kappa shape index (κ3) is 3.73. The Morgan fingerprint density at radius 1 is 1.21 bits per heavy atom. The molecule has 4 aromatic rings. The van der Waals surface area contributed by atoms with Crippen LogP contribution in [0.4, 0.5) is 5.95 Å². The largest absolute Gasteiger partial charge is 0.484 e. The summed E-state index contributed by atoms with van der Waals surface area (Å²) < 4.78 is 10.8. The van der Waals surface area contributed by atoms with Crippen molar-refractivity contribution in [3.05, 3.63) is 64.5 Å². The molecule has 142 valence electrons. The van der Waals surface area contributed by atoms with Crippen LogP contribution in [0.3, 0.4) is 0 Å². The molecule has 0 aliphatic heterocycles. The summed E-state index contributed by atoms with van der Waals surface area (Å²) >= 11 is 0. The van der Waals surface area contributed by atoms with E-state index in [1.54, 1.807) is 12.1 Å². The number of hydrogen-bond donors (Lipinski definition) is 2. The van der Waals surface area contributed by atoms with Gasteiger partial charge in [-0.05, 0) is 36.2 Å². The van der Waals surface area contributed by atoms with Crippen LogP contribution in [0.2, 0.25) is 0 Å². The lowest BCUT2D eigenvalue weighted by molar-refractivity contribution is -0.118. The maximum absolute atomic E-state index is 12.2. The Hall–Kier alpha value is -3.61. The third-order valence-corrected chi connectivity index (χ3v) is 4.34. The van der Waals surface area contributed by atoms with Crippen LogP contribution in [0.1, 0.15) is 18.9 Å². The average molecular weight is 377 g/mol. The molecule has 0 aliphatic rings. The number of fused-ring (bicyclic) bond motifs is 2. The Bertz CT molecular complexity index is 1180. The van der Waals surface area contributed by atoms with Gasteiger partial charge in [-0.25, -0.2) is 9.78 Å². The number of para-hydroxylation sites is 2. The highest BCUT2D eigenvalue weighted by molar-refractivity contribution is 5.92. The Morgan fingerprint density at radius 2 is 2.07 bits per heavy atom. The smallest absolute Gasteiger partial charge is 0.336 e. The summed E-state index contributed by atoms with van der Waals surface area (Å²) in [5.74, 6) is 0.466. The van der Waals surface area contributed by atoms with Crippen molar-refractivity contribution in [1.82, 2.24) is 9.97 Å². The molecule has 0 saturated heterocycles. The van der Waals surface area contributed by atoms with Crippen LogP contribution >= 0.6 is 0 Å². The fraction of sp³-hybridized carbons (Fsp3) is 0.190. The number of amides is 1. The zero-order valence-corrected chi connectivity index (χ0v) is 15.3. The first-order chi connectivity index (χ1) is 13.6. The first-order valence-electron chi connectivity index (χ1n) is 9.06. The van der Waals surface area contributed by atoms with Crippen LogP contribution in [-0.4, -0.2) is 22.5 Å². The highest BCUT2D eigenvalue weighted by Gasteiger charge is 2.10. The van der Waals surface area contributed by atoms with Gasteiger partial charge < -0.3 is 14.1 Å². The van der Waals surface area contributed by atoms with Gasteiger partial charge in [-0.3, -0.25) is 10.1 Å². The Labute approximate surface area is 160 Å². The van der Waals surface area contributed by atoms with Gasteiger partial charge in [0.1, 0.15) is 11.3 Å². The first-order valence-corrected chi connectivity index (χ1v) is 9.06. The molecule has 0 unspecified atom stereocenters. The number of ether oxygens (including phenoxy) is 1. The van der Waals surface area contributed by atoms with Crippen LogP contribution in [0.15, 0.2) is 57.7 Å². The van der Waals surface area contributed by atoms with Crippen molar-refractivity contribution in [2.45, 2.75) is 19.8 Å². The molecule has 0 aliphatic carbocycles. The predicted molar refractivity (Wildman–Crippen MR) is 107 cm³/mol. The summed E-state index contributed by atoms with van der Waals surface area (Å²) in [5.41, 5.74) is 2.61. The maximum Gasteiger partial charge on any atom is 0.336 e. The maximum atomic E-state index is 12.2. The van der Waals surface area contributed by atoms with Gasteiger partial charge in [0.05, 0.1) is 11.0 Å². The summed E-state index contributed by atoms with van der Waals surface area (Å²) in [4.78, 5) is 31.2. The van der Waals surface area contributed by atoms with Crippen molar-refractivity contribution in [2.75, 3.05) is 11.9 Å². The lowest BCUT2D eigenvalue weighted by atomic mass is 10.1. The SMILES string of the molecule is CCCc1cc(=O)oc2cc(OCC(=O)Nc3nc4ccccc4[nH]3)ccc12. The molecule has 2 N–H and O–H groups in total. The highest BCUT2D eigenvalue weighted by atomic mass is 16.5. The fourth-order valence-electron chi connectivity index (χ4n) is 3.11. The number of H-pyrrole nitrogens is 1. The van der Waals surface area contributed by atoms with Crippen molar-refractivity contribution in [2.24, 2.45) is 0 Å². The van der Waals surface area contributed by atoms with Crippen molar-refractivity contribution < 1.29 is 13.9 Å². The molecular formula is C21H19N3O4. The van der Waals surface area contributed by atoms with Gasteiger partial charge >= 0.3 is 5.63 Å². The van der Waals surface area contributed by atoms with E-state index >= 15 is 0 Å². The first kappa shape index (κ1) is 17.8. The van der Waals surface area contributed by atoms with E-state index in [0.29, 0.717) is 17.3 Å². The van der Waals surface area contributed by atoms with Gasteiger partial charge in [0.25, 0.3) is 5.91 Å². The molecule has 2 aromatic heterocycles. The number of aromatic nitrogens is 2. The van der Waals surface area contributed by atoms with E-state index in [9.17, 15) is 9.59 Å². The van der Waals surface area contributed by atoms with Crippen LogP contribution in [0, 0.1) is 0 Å². The fourth-order valence-corrected chi connectivity index (χ4v) is 3.11. The summed E-state index contributed by atoms with van der Waals surface area (Å²) in [6.45, 7) is 1.86. The Kier molecular flexibility index (Phi) is 4.80. The summed E-state index contributed by atoms with van der Waals surface area (Å²) in [5, 5.41) is 3.55. The number of nitrogens with zero attached hydrogens (tertiary/aromatic N) is 1. The minimum atomic E-state index is -0.393. The molecule has 2 aromatic carbocycles. The number of rotatable bonds is 6. The van der Waals surface area contributed by atoms with Crippen LogP contribution in [0.25, 0.3) is 22.0 Å². The number of anilines is 1. The van der Waals surface area contributed by atoms with Gasteiger partial charge in [-0.15, -0.1) is 0 Å². The van der Waals surface area contributed by atoms with E-state index in [2.05, 4.69) is 22.2 Å². The number of carbonyl (C=O) groups excluding carboxylic acids is 1. The van der Waals surface area contributed by atoms with E-state index in [1.165, 1.54) is 6.07 Å². The Morgan fingerprint density at radius 3 is 2.89 bits per heavy atom. The summed E-state index contributed by atoms with van der Waals surface area (Å²) in [7, 11) is 0. The number of hydrogen-bond acceptors (Lipinski definition) is 5. The molecule has 2 heterocycles. The molecule has 0 radical (unpaired) electrons. The van der Waals surface area contributed by atoms with Gasteiger partial charge in [-0.2, -0.15) is 0 Å². The van der Waals surface area contributed by atoms with E-state index in [4.69, 9.17) is 9.15 Å². The molecule has 0 bridgehead atoms. The number of aryl methyl sites for hydroxylation is 1. The van der Waals surface area contributed by atoms with Gasteiger partial charge in [0, 0.05) is 17.5 Å². The topological polar surface area (TPSA) is 97.2 Å². The third-order valence-electron chi connectivity index (χ3n) is 4.34. The number of nitrogens with one attached hydrogen (secondary N) is 2. The second-order valence-electron chi connectivity index (χ2n) is 6.44. The van der Waals surface area contributed by atoms with E-state index in [1.807, 2.05) is 30.3 Å². The van der Waals surface area contributed by atoms with Gasteiger partial charge in [0.15, 0.2) is 6.61 Å². The molecular weight excluding hydrogens is 358 g/mol. The van der Waals surface area contributed by atoms with Crippen molar-refractivity contribution in [3.63, 3.8) is 0 Å². The molecule has 0 saturated carbocycles. The molecule has 28 heavy (non-hydrogen) atoms. The molecule has 0 fully saturated rings. The zero-order chi connectivity index (χ0) is 19.5. The quantitative estimate of drug-likeness (QED) is 0.500. The molecule has 0 atom stereocenters. The predicted octanol–water partition coefficient (Wildman–Crippen LogP) is 3.64. The monoisotopic (exact) mass is 377 g/mol. The van der Waals surface area contributed by atoms with Crippen molar-refractivity contribution in [3.8, 4) is 5.75 Å². The molecule has 1 amide bonds. The van der Waals surface area contributed by atoms with Gasteiger partial charge in [-0.1, -0.05) is 25.5 Å². The number of benzene rings is 2. The number of imidazole rings is 1.